The summed E-state index contributed by atoms with van der Waals surface area (Å²) in [6, 6.07) is 14.3. The van der Waals surface area contributed by atoms with Crippen LogP contribution in [-0.2, 0) is 11.3 Å². The Bertz CT molecular complexity index is 1190. The Kier molecular flexibility index (Phi) is 6.11. The third kappa shape index (κ3) is 4.65. The first-order valence-electron chi connectivity index (χ1n) is 9.62. The van der Waals surface area contributed by atoms with Crippen LogP contribution in [-0.4, -0.2) is 16.1 Å². The van der Waals surface area contributed by atoms with Crippen LogP contribution in [0.1, 0.15) is 40.0 Å². The lowest BCUT2D eigenvalue weighted by Gasteiger charge is -2.14. The number of aromatic carboxylic acids is 1. The maximum atomic E-state index is 11.0. The van der Waals surface area contributed by atoms with Crippen molar-refractivity contribution in [2.24, 2.45) is 0 Å². The van der Waals surface area contributed by atoms with Gasteiger partial charge in [-0.3, -0.25) is 0 Å². The number of rotatable bonds is 6. The second-order valence-electron chi connectivity index (χ2n) is 6.75. The van der Waals surface area contributed by atoms with Crippen LogP contribution in [0.5, 0.6) is 5.88 Å². The molecule has 0 fully saturated rings. The fourth-order valence-electron chi connectivity index (χ4n) is 3.09. The minimum atomic E-state index is -0.986. The normalized spacial score (nSPS) is 12.9. The van der Waals surface area contributed by atoms with Crippen LogP contribution in [0, 0.1) is 11.3 Å². The van der Waals surface area contributed by atoms with Gasteiger partial charge in [-0.2, -0.15) is 5.26 Å². The summed E-state index contributed by atoms with van der Waals surface area (Å²) >= 11 is 1.53. The summed E-state index contributed by atoms with van der Waals surface area (Å²) in [4.78, 5) is 16.5. The van der Waals surface area contributed by atoms with E-state index in [9.17, 15) is 10.1 Å². The van der Waals surface area contributed by atoms with E-state index in [1.807, 2.05) is 35.7 Å². The van der Waals surface area contributed by atoms with E-state index < -0.39 is 5.97 Å². The average molecular weight is 430 g/mol. The zero-order valence-electron chi connectivity index (χ0n) is 16.4. The van der Waals surface area contributed by atoms with Gasteiger partial charge in [0, 0.05) is 10.4 Å². The molecule has 0 saturated carbocycles. The van der Waals surface area contributed by atoms with Crippen molar-refractivity contribution < 1.29 is 19.4 Å². The summed E-state index contributed by atoms with van der Waals surface area (Å²) in [6.07, 6.45) is 7.28. The largest absolute Gasteiger partial charge is 0.478 e. The lowest BCUT2D eigenvalue weighted by atomic mass is 10.1. The molecule has 3 aromatic rings. The molecule has 0 spiro atoms. The van der Waals surface area contributed by atoms with E-state index in [1.165, 1.54) is 23.5 Å². The van der Waals surface area contributed by atoms with Gasteiger partial charge in [-0.25, -0.2) is 9.78 Å². The first kappa shape index (κ1) is 20.4. The number of aromatic nitrogens is 1. The minimum Gasteiger partial charge on any atom is -0.478 e. The molecule has 0 radical (unpaired) electrons. The number of nitrogens with zero attached hydrogens (tertiary/aromatic N) is 2. The molecule has 3 heterocycles. The molecule has 1 N–H and O–H groups in total. The van der Waals surface area contributed by atoms with Crippen molar-refractivity contribution in [3.8, 4) is 22.4 Å². The minimum absolute atomic E-state index is 0.148. The number of carboxylic acids is 1. The number of hydrogen-bond acceptors (Lipinski definition) is 6. The molecular weight excluding hydrogens is 412 g/mol. The molecule has 1 aliphatic rings. The number of carboxylic acid groups (broad SMARTS) is 1. The smallest absolute Gasteiger partial charge is 0.335 e. The van der Waals surface area contributed by atoms with Gasteiger partial charge < -0.3 is 14.6 Å². The summed E-state index contributed by atoms with van der Waals surface area (Å²) in [6.45, 7) is 0.148. The van der Waals surface area contributed by atoms with E-state index in [-0.39, 0.29) is 18.1 Å². The summed E-state index contributed by atoms with van der Waals surface area (Å²) < 4.78 is 11.7. The van der Waals surface area contributed by atoms with Gasteiger partial charge in [0.05, 0.1) is 11.8 Å². The fourth-order valence-corrected chi connectivity index (χ4v) is 3.84. The molecule has 0 unspecified atom stereocenters. The molecule has 2 aromatic heterocycles. The second kappa shape index (κ2) is 9.28. The zero-order valence-corrected chi connectivity index (χ0v) is 17.3. The SMILES string of the molecule is N#Cc1c(-c2cccs2)cc(C2=CCCC=CO2)nc1OCc1ccc(C(=O)O)cc1. The second-order valence-corrected chi connectivity index (χ2v) is 7.70. The number of allylic oxidation sites excluding steroid dienone is 2. The van der Waals surface area contributed by atoms with Crippen LogP contribution in [0.3, 0.4) is 0 Å². The molecular formula is C24H18N2O4S. The summed E-state index contributed by atoms with van der Waals surface area (Å²) in [5.41, 5.74) is 2.64. The number of carbonyl (C=O) groups is 1. The highest BCUT2D eigenvalue weighted by Crippen LogP contribution is 2.35. The van der Waals surface area contributed by atoms with Crippen LogP contribution < -0.4 is 4.74 Å². The molecule has 0 atom stereocenters. The molecule has 4 rings (SSSR count). The number of ether oxygens (including phenoxy) is 2. The van der Waals surface area contributed by atoms with Crippen LogP contribution in [0.2, 0.25) is 0 Å². The average Bonchev–Trinajstić information content (AvgIpc) is 3.19. The predicted octanol–water partition coefficient (Wildman–Crippen LogP) is 5.62. The van der Waals surface area contributed by atoms with E-state index >= 15 is 0 Å². The van der Waals surface area contributed by atoms with Crippen LogP contribution in [0.4, 0.5) is 0 Å². The highest BCUT2D eigenvalue weighted by Gasteiger charge is 2.19. The molecule has 0 aliphatic carbocycles. The third-order valence-corrected chi connectivity index (χ3v) is 5.57. The molecule has 1 aromatic carbocycles. The Labute approximate surface area is 183 Å². The summed E-state index contributed by atoms with van der Waals surface area (Å²) in [7, 11) is 0. The summed E-state index contributed by atoms with van der Waals surface area (Å²) in [5.74, 6) is -0.157. The lowest BCUT2D eigenvalue weighted by Crippen LogP contribution is -2.04. The molecule has 1 aliphatic heterocycles. The number of hydrogen-bond donors (Lipinski definition) is 1. The number of pyridine rings is 1. The van der Waals surface area contributed by atoms with Gasteiger partial charge in [0.25, 0.3) is 0 Å². The monoisotopic (exact) mass is 430 g/mol. The van der Waals surface area contributed by atoms with Gasteiger partial charge >= 0.3 is 5.97 Å². The zero-order chi connectivity index (χ0) is 21.6. The van der Waals surface area contributed by atoms with Gasteiger partial charge in [-0.05, 0) is 60.2 Å². The van der Waals surface area contributed by atoms with Crippen molar-refractivity contribution in [1.82, 2.24) is 4.98 Å². The van der Waals surface area contributed by atoms with E-state index in [1.54, 1.807) is 18.4 Å². The van der Waals surface area contributed by atoms with Gasteiger partial charge in [0.2, 0.25) is 5.88 Å². The molecule has 6 nitrogen and oxygen atoms in total. The van der Waals surface area contributed by atoms with Crippen LogP contribution in [0.25, 0.3) is 16.2 Å². The lowest BCUT2D eigenvalue weighted by molar-refractivity contribution is 0.0697. The highest BCUT2D eigenvalue weighted by atomic mass is 32.1. The van der Waals surface area contributed by atoms with Crippen molar-refractivity contribution in [2.45, 2.75) is 19.4 Å². The number of thiophene rings is 1. The predicted molar refractivity (Wildman–Crippen MR) is 117 cm³/mol. The van der Waals surface area contributed by atoms with Crippen molar-refractivity contribution in [3.05, 3.63) is 88.6 Å². The molecule has 154 valence electrons. The van der Waals surface area contributed by atoms with Crippen molar-refractivity contribution in [3.63, 3.8) is 0 Å². The maximum absolute atomic E-state index is 11.0. The van der Waals surface area contributed by atoms with E-state index in [0.717, 1.165) is 28.8 Å². The standard InChI is InChI=1S/C24H18N2O4S/c25-14-19-18(22-6-4-12-31-22)13-20(21-5-2-1-3-11-29-21)26-23(19)30-15-16-7-9-17(10-8-16)24(27)28/h3-13H,1-2,15H2,(H,27,28). The Hall–Kier alpha value is -3.89. The van der Waals surface area contributed by atoms with E-state index in [2.05, 4.69) is 11.1 Å². The van der Waals surface area contributed by atoms with Crippen molar-refractivity contribution in [2.75, 3.05) is 0 Å². The van der Waals surface area contributed by atoms with Crippen LogP contribution in [0.15, 0.2) is 66.3 Å². The maximum Gasteiger partial charge on any atom is 0.335 e. The Morgan fingerprint density at radius 3 is 2.81 bits per heavy atom. The molecule has 0 amide bonds. The molecule has 0 bridgehead atoms. The topological polar surface area (TPSA) is 92.4 Å². The van der Waals surface area contributed by atoms with Gasteiger partial charge in [0.1, 0.15) is 29.7 Å². The first-order valence-corrected chi connectivity index (χ1v) is 10.5. The van der Waals surface area contributed by atoms with Gasteiger partial charge in [-0.15, -0.1) is 11.3 Å². The first-order chi connectivity index (χ1) is 15.2. The quantitative estimate of drug-likeness (QED) is 0.545. The third-order valence-electron chi connectivity index (χ3n) is 4.67. The van der Waals surface area contributed by atoms with Crippen LogP contribution >= 0.6 is 11.3 Å². The summed E-state index contributed by atoms with van der Waals surface area (Å²) in [5, 5.41) is 20.9. The Balaban J connectivity index is 1.71. The van der Waals surface area contributed by atoms with Gasteiger partial charge in [-0.1, -0.05) is 18.2 Å². The number of nitriles is 1. The van der Waals surface area contributed by atoms with Crippen molar-refractivity contribution in [1.29, 1.82) is 5.26 Å². The molecule has 0 saturated heterocycles. The Morgan fingerprint density at radius 1 is 1.26 bits per heavy atom. The van der Waals surface area contributed by atoms with E-state index in [4.69, 9.17) is 14.6 Å². The molecule has 31 heavy (non-hydrogen) atoms. The molecule has 7 heteroatoms. The van der Waals surface area contributed by atoms with Crippen molar-refractivity contribution >= 4 is 23.1 Å². The fraction of sp³-hybridized carbons (Fsp3) is 0.125. The van der Waals surface area contributed by atoms with E-state index in [0.29, 0.717) is 17.0 Å². The Morgan fingerprint density at radius 2 is 2.10 bits per heavy atom. The highest BCUT2D eigenvalue weighted by molar-refractivity contribution is 7.13. The number of benzene rings is 1. The van der Waals surface area contributed by atoms with Gasteiger partial charge in [0.15, 0.2) is 0 Å².